The molecule has 37 heavy (non-hydrogen) atoms. The van der Waals surface area contributed by atoms with E-state index < -0.39 is 0 Å². The molecule has 0 atom stereocenters. The van der Waals surface area contributed by atoms with Crippen molar-refractivity contribution in [2.24, 2.45) is 0 Å². The zero-order chi connectivity index (χ0) is 27.8. The Labute approximate surface area is 224 Å². The summed E-state index contributed by atoms with van der Waals surface area (Å²) in [7, 11) is 3.42. The molecule has 0 aliphatic carbocycles. The molecule has 3 aromatic carbocycles. The average Bonchev–Trinajstić information content (AvgIpc) is 2.79. The number of hydrogen-bond donors (Lipinski definition) is 1. The van der Waals surface area contributed by atoms with Crippen molar-refractivity contribution < 1.29 is 14.6 Å². The second kappa shape index (κ2) is 10.4. The van der Waals surface area contributed by atoms with Crippen LogP contribution in [0, 0.1) is 0 Å². The number of aromatic hydroxyl groups is 1. The van der Waals surface area contributed by atoms with E-state index >= 15 is 0 Å². The van der Waals surface area contributed by atoms with E-state index in [1.165, 1.54) is 16.7 Å². The molecular formula is C34H46O3. The Morgan fingerprint density at radius 1 is 0.514 bits per heavy atom. The van der Waals surface area contributed by atoms with Crippen LogP contribution in [0.1, 0.15) is 101 Å². The lowest BCUT2D eigenvalue weighted by Crippen LogP contribution is -2.14. The Bertz CT molecular complexity index is 1160. The van der Waals surface area contributed by atoms with Gasteiger partial charge in [-0.2, -0.15) is 0 Å². The molecule has 0 aliphatic rings. The molecule has 0 amide bonds. The van der Waals surface area contributed by atoms with E-state index in [1.807, 2.05) is 12.1 Å². The van der Waals surface area contributed by atoms with Crippen LogP contribution in [0.15, 0.2) is 48.5 Å². The van der Waals surface area contributed by atoms with Gasteiger partial charge in [0.15, 0.2) is 0 Å². The first-order chi connectivity index (χ1) is 17.0. The number of ether oxygens (including phenoxy) is 2. The van der Waals surface area contributed by atoms with Crippen LogP contribution in [0.5, 0.6) is 17.2 Å². The van der Waals surface area contributed by atoms with E-state index in [-0.39, 0.29) is 16.2 Å². The second-order valence-electron chi connectivity index (χ2n) is 13.3. The van der Waals surface area contributed by atoms with Gasteiger partial charge in [0.2, 0.25) is 0 Å². The van der Waals surface area contributed by atoms with Gasteiger partial charge in [-0.25, -0.2) is 0 Å². The third-order valence-electron chi connectivity index (χ3n) is 7.19. The predicted molar refractivity (Wildman–Crippen MR) is 156 cm³/mol. The molecule has 0 saturated heterocycles. The summed E-state index contributed by atoms with van der Waals surface area (Å²) in [6.07, 6.45) is 1.18. The summed E-state index contributed by atoms with van der Waals surface area (Å²) < 4.78 is 11.5. The summed E-state index contributed by atoms with van der Waals surface area (Å²) in [5.74, 6) is 2.03. The van der Waals surface area contributed by atoms with Gasteiger partial charge < -0.3 is 14.6 Å². The minimum absolute atomic E-state index is 0.0239. The van der Waals surface area contributed by atoms with Gasteiger partial charge in [-0.1, -0.05) is 98.7 Å². The maximum atomic E-state index is 11.6. The fourth-order valence-electron chi connectivity index (χ4n) is 4.64. The summed E-state index contributed by atoms with van der Waals surface area (Å²) in [5, 5.41) is 11.6. The largest absolute Gasteiger partial charge is 0.507 e. The molecule has 0 heterocycles. The Hall–Kier alpha value is -2.94. The molecular weight excluding hydrogens is 456 g/mol. The van der Waals surface area contributed by atoms with E-state index in [0.29, 0.717) is 18.6 Å². The number of benzene rings is 3. The van der Waals surface area contributed by atoms with Crippen LogP contribution >= 0.6 is 0 Å². The average molecular weight is 503 g/mol. The minimum Gasteiger partial charge on any atom is -0.507 e. The number of hydrogen-bond acceptors (Lipinski definition) is 3. The number of phenolic OH excluding ortho intramolecular Hbond substituents is 1. The zero-order valence-electron chi connectivity index (χ0n) is 24.8. The Morgan fingerprint density at radius 2 is 0.838 bits per heavy atom. The maximum Gasteiger partial charge on any atom is 0.122 e. The highest BCUT2D eigenvalue weighted by Crippen LogP contribution is 2.38. The summed E-state index contributed by atoms with van der Waals surface area (Å²) >= 11 is 0. The zero-order valence-corrected chi connectivity index (χ0v) is 24.8. The van der Waals surface area contributed by atoms with Gasteiger partial charge in [-0.15, -0.1) is 0 Å². The molecule has 3 rings (SSSR count). The van der Waals surface area contributed by atoms with Crippen LogP contribution in [-0.2, 0) is 29.1 Å². The van der Waals surface area contributed by atoms with Gasteiger partial charge in [0.1, 0.15) is 17.2 Å². The Kier molecular flexibility index (Phi) is 8.08. The highest BCUT2D eigenvalue weighted by Gasteiger charge is 2.23. The molecule has 0 aliphatic heterocycles. The van der Waals surface area contributed by atoms with Crippen LogP contribution in [0.3, 0.4) is 0 Å². The fraction of sp³-hybridized carbons (Fsp3) is 0.471. The molecule has 0 radical (unpaired) electrons. The summed E-state index contributed by atoms with van der Waals surface area (Å²) in [6.45, 7) is 19.9. The van der Waals surface area contributed by atoms with Gasteiger partial charge in [0, 0.05) is 12.8 Å². The molecule has 1 N–H and O–H groups in total. The third-order valence-corrected chi connectivity index (χ3v) is 7.19. The molecule has 0 saturated carbocycles. The SMILES string of the molecule is COc1ccc(C(C)(C)C)cc1Cc1cc(C(C)(C)C)cc(Cc2cc(C(C)(C)C)ccc2OC)c1O. The van der Waals surface area contributed by atoms with Crippen LogP contribution in [-0.4, -0.2) is 19.3 Å². The first-order valence-electron chi connectivity index (χ1n) is 13.2. The monoisotopic (exact) mass is 502 g/mol. The standard InChI is InChI=1S/C34H46O3/c1-32(2,3)26-12-14-29(36-10)22(18-26)16-24-20-28(34(7,8)9)21-25(31(24)35)17-23-19-27(33(4,5)6)13-15-30(23)37-11/h12-15,18-21,35H,16-17H2,1-11H3. The van der Waals surface area contributed by atoms with Crippen molar-refractivity contribution >= 4 is 0 Å². The van der Waals surface area contributed by atoms with Crippen molar-refractivity contribution in [2.45, 2.75) is 91.4 Å². The third kappa shape index (κ3) is 6.69. The molecule has 0 aromatic heterocycles. The summed E-state index contributed by atoms with van der Waals surface area (Å²) in [4.78, 5) is 0. The summed E-state index contributed by atoms with van der Waals surface area (Å²) in [5.41, 5.74) is 7.67. The first-order valence-corrected chi connectivity index (χ1v) is 13.2. The predicted octanol–water partition coefficient (Wildman–Crippen LogP) is 8.48. The van der Waals surface area contributed by atoms with Crippen LogP contribution < -0.4 is 9.47 Å². The van der Waals surface area contributed by atoms with E-state index in [2.05, 4.69) is 98.7 Å². The molecule has 3 aromatic rings. The van der Waals surface area contributed by atoms with E-state index in [1.54, 1.807) is 14.2 Å². The van der Waals surface area contributed by atoms with Crippen molar-refractivity contribution in [3.05, 3.63) is 87.5 Å². The first kappa shape index (κ1) is 28.6. The number of methoxy groups -OCH3 is 2. The van der Waals surface area contributed by atoms with Crippen LogP contribution in [0.4, 0.5) is 0 Å². The van der Waals surface area contributed by atoms with Crippen molar-refractivity contribution in [1.82, 2.24) is 0 Å². The van der Waals surface area contributed by atoms with Gasteiger partial charge in [0.25, 0.3) is 0 Å². The lowest BCUT2D eigenvalue weighted by atomic mass is 9.81. The fourth-order valence-corrected chi connectivity index (χ4v) is 4.64. The van der Waals surface area contributed by atoms with Crippen LogP contribution in [0.2, 0.25) is 0 Å². The molecule has 3 heteroatoms. The molecule has 0 spiro atoms. The normalized spacial score (nSPS) is 12.5. The van der Waals surface area contributed by atoms with Crippen LogP contribution in [0.25, 0.3) is 0 Å². The number of rotatable bonds is 6. The van der Waals surface area contributed by atoms with Crippen molar-refractivity contribution in [3.8, 4) is 17.2 Å². The maximum absolute atomic E-state index is 11.6. The molecule has 200 valence electrons. The highest BCUT2D eigenvalue weighted by atomic mass is 16.5. The second-order valence-corrected chi connectivity index (χ2v) is 13.3. The highest BCUT2D eigenvalue weighted by molar-refractivity contribution is 5.53. The lowest BCUT2D eigenvalue weighted by molar-refractivity contribution is 0.408. The molecule has 0 bridgehead atoms. The van der Waals surface area contributed by atoms with E-state index in [4.69, 9.17) is 9.47 Å². The van der Waals surface area contributed by atoms with E-state index in [9.17, 15) is 5.11 Å². The smallest absolute Gasteiger partial charge is 0.122 e. The topological polar surface area (TPSA) is 38.7 Å². The van der Waals surface area contributed by atoms with Crippen molar-refractivity contribution in [2.75, 3.05) is 14.2 Å². The van der Waals surface area contributed by atoms with Crippen molar-refractivity contribution in [3.63, 3.8) is 0 Å². The summed E-state index contributed by atoms with van der Waals surface area (Å²) in [6, 6.07) is 17.1. The lowest BCUT2D eigenvalue weighted by Gasteiger charge is -2.25. The molecule has 0 fully saturated rings. The van der Waals surface area contributed by atoms with Gasteiger partial charge in [-0.05, 0) is 67.3 Å². The van der Waals surface area contributed by atoms with Gasteiger partial charge in [0.05, 0.1) is 14.2 Å². The van der Waals surface area contributed by atoms with Gasteiger partial charge in [-0.3, -0.25) is 0 Å². The van der Waals surface area contributed by atoms with Gasteiger partial charge >= 0.3 is 0 Å². The number of phenols is 1. The minimum atomic E-state index is -0.0636. The Balaban J connectivity index is 2.15. The van der Waals surface area contributed by atoms with E-state index in [0.717, 1.165) is 33.8 Å². The Morgan fingerprint density at radius 3 is 1.14 bits per heavy atom. The molecule has 0 unspecified atom stereocenters. The van der Waals surface area contributed by atoms with Crippen molar-refractivity contribution in [1.29, 1.82) is 0 Å². The quantitative estimate of drug-likeness (QED) is 0.367. The molecule has 3 nitrogen and oxygen atoms in total.